The van der Waals surface area contributed by atoms with Crippen LogP contribution in [0, 0.1) is 0 Å². The molecule has 0 heterocycles. The number of carbonyl (C=O) groups is 1. The molecule has 5 nitrogen and oxygen atoms in total. The van der Waals surface area contributed by atoms with Gasteiger partial charge in [0.2, 0.25) is 5.91 Å². The van der Waals surface area contributed by atoms with Gasteiger partial charge in [-0.1, -0.05) is 53.7 Å². The average molecular weight is 348 g/mol. The predicted molar refractivity (Wildman–Crippen MR) is 102 cm³/mol. The van der Waals surface area contributed by atoms with E-state index in [2.05, 4.69) is 5.16 Å². The molecule has 0 aliphatic rings. The van der Waals surface area contributed by atoms with Crippen molar-refractivity contribution in [3.05, 3.63) is 77.4 Å². The van der Waals surface area contributed by atoms with Crippen LogP contribution in [0.15, 0.2) is 65.8 Å². The number of nitrogens with two attached hydrogens (primary N) is 1. The Labute approximate surface area is 152 Å². The van der Waals surface area contributed by atoms with E-state index in [-0.39, 0.29) is 0 Å². The summed E-state index contributed by atoms with van der Waals surface area (Å²) in [6, 6.07) is 19.1. The lowest BCUT2D eigenvalue weighted by Gasteiger charge is -2.08. The number of carbonyl (C=O) groups excluding carboxylic acids is 1. The fraction of sp³-hybridized carbons (Fsp3) is 0.143. The van der Waals surface area contributed by atoms with E-state index in [0.717, 1.165) is 27.6 Å². The number of methoxy groups -OCH3 is 1. The first-order chi connectivity index (χ1) is 12.7. The topological polar surface area (TPSA) is 73.9 Å². The second kappa shape index (κ2) is 8.16. The first-order valence-electron chi connectivity index (χ1n) is 8.26. The molecule has 3 aromatic carbocycles. The Bertz CT molecular complexity index is 934. The minimum Gasteiger partial charge on any atom is -0.497 e. The van der Waals surface area contributed by atoms with Gasteiger partial charge in [-0.15, -0.1) is 0 Å². The summed E-state index contributed by atoms with van der Waals surface area (Å²) in [5, 5.41) is 5.81. The molecule has 0 fully saturated rings. The first-order valence-corrected chi connectivity index (χ1v) is 8.26. The molecule has 0 bridgehead atoms. The van der Waals surface area contributed by atoms with E-state index in [1.54, 1.807) is 13.3 Å². The van der Waals surface area contributed by atoms with E-state index in [0.29, 0.717) is 18.6 Å². The molecule has 1 amide bonds. The second-order valence-corrected chi connectivity index (χ2v) is 5.80. The van der Waals surface area contributed by atoms with Crippen molar-refractivity contribution in [1.29, 1.82) is 0 Å². The van der Waals surface area contributed by atoms with Crippen molar-refractivity contribution in [2.24, 2.45) is 10.9 Å². The van der Waals surface area contributed by atoms with Gasteiger partial charge >= 0.3 is 0 Å². The molecule has 0 aromatic heterocycles. The highest BCUT2D eigenvalue weighted by Gasteiger charge is 2.11. The molecular weight excluding hydrogens is 328 g/mol. The van der Waals surface area contributed by atoms with Crippen LogP contribution in [-0.2, 0) is 17.9 Å². The van der Waals surface area contributed by atoms with Gasteiger partial charge in [-0.05, 0) is 34.0 Å². The molecule has 5 heteroatoms. The van der Waals surface area contributed by atoms with Crippen molar-refractivity contribution in [3.63, 3.8) is 0 Å². The molecule has 132 valence electrons. The fourth-order valence-corrected chi connectivity index (χ4v) is 2.80. The Hall–Kier alpha value is -3.34. The van der Waals surface area contributed by atoms with Crippen LogP contribution in [0.3, 0.4) is 0 Å². The fourth-order valence-electron chi connectivity index (χ4n) is 2.80. The molecule has 0 saturated heterocycles. The summed E-state index contributed by atoms with van der Waals surface area (Å²) in [5.41, 5.74) is 7.94. The average Bonchev–Trinajstić information content (AvgIpc) is 2.67. The number of hydrogen-bond acceptors (Lipinski definition) is 4. The highest BCUT2D eigenvalue weighted by Crippen LogP contribution is 2.22. The number of fused-ring (bicyclic) bond motifs is 1. The van der Waals surface area contributed by atoms with E-state index in [9.17, 15) is 4.79 Å². The van der Waals surface area contributed by atoms with E-state index in [1.165, 1.54) is 0 Å². The van der Waals surface area contributed by atoms with Crippen LogP contribution in [0.25, 0.3) is 10.8 Å². The van der Waals surface area contributed by atoms with Gasteiger partial charge in [-0.25, -0.2) is 0 Å². The maximum Gasteiger partial charge on any atom is 0.249 e. The zero-order valence-corrected chi connectivity index (χ0v) is 14.5. The second-order valence-electron chi connectivity index (χ2n) is 5.80. The molecule has 0 saturated carbocycles. The van der Waals surface area contributed by atoms with Crippen molar-refractivity contribution in [2.45, 2.75) is 13.0 Å². The minimum absolute atomic E-state index is 0.362. The molecule has 0 unspecified atom stereocenters. The van der Waals surface area contributed by atoms with Crippen LogP contribution in [-0.4, -0.2) is 19.2 Å². The SMILES string of the molecule is COc1ccc(CON=CCc2ccc3ccccc3c2C(N)=O)cc1. The highest BCUT2D eigenvalue weighted by atomic mass is 16.6. The lowest BCUT2D eigenvalue weighted by atomic mass is 9.97. The van der Waals surface area contributed by atoms with Gasteiger partial charge < -0.3 is 15.3 Å². The number of nitrogens with zero attached hydrogens (tertiary/aromatic N) is 1. The largest absolute Gasteiger partial charge is 0.497 e. The van der Waals surface area contributed by atoms with Crippen LogP contribution in [0.4, 0.5) is 0 Å². The first kappa shape index (κ1) is 17.5. The molecule has 3 aromatic rings. The smallest absolute Gasteiger partial charge is 0.249 e. The number of ether oxygens (including phenoxy) is 1. The maximum absolute atomic E-state index is 11.9. The standard InChI is InChI=1S/C21H20N2O3/c1-25-18-10-6-15(7-11-18)14-26-23-13-12-17-9-8-16-4-2-3-5-19(16)20(17)21(22)24/h2-11,13H,12,14H2,1H3,(H2,22,24). The maximum atomic E-state index is 11.9. The van der Waals surface area contributed by atoms with Crippen LogP contribution in [0.2, 0.25) is 0 Å². The summed E-state index contributed by atoms with van der Waals surface area (Å²) in [6.45, 7) is 0.362. The van der Waals surface area contributed by atoms with Gasteiger partial charge in [-0.3, -0.25) is 4.79 Å². The van der Waals surface area contributed by atoms with Gasteiger partial charge in [0.05, 0.1) is 12.7 Å². The van der Waals surface area contributed by atoms with Crippen LogP contribution >= 0.6 is 0 Å². The summed E-state index contributed by atoms with van der Waals surface area (Å²) >= 11 is 0. The van der Waals surface area contributed by atoms with Crippen LogP contribution in [0.5, 0.6) is 5.75 Å². The number of primary amides is 1. The molecule has 0 radical (unpaired) electrons. The Kier molecular flexibility index (Phi) is 5.49. The van der Waals surface area contributed by atoms with Crippen molar-refractivity contribution in [3.8, 4) is 5.75 Å². The van der Waals surface area contributed by atoms with Crippen molar-refractivity contribution < 1.29 is 14.4 Å². The number of amides is 1. The molecule has 26 heavy (non-hydrogen) atoms. The molecule has 0 aliphatic heterocycles. The third-order valence-corrected chi connectivity index (χ3v) is 4.11. The summed E-state index contributed by atoms with van der Waals surface area (Å²) < 4.78 is 5.11. The molecule has 2 N–H and O–H groups in total. The lowest BCUT2D eigenvalue weighted by Crippen LogP contribution is -2.14. The highest BCUT2D eigenvalue weighted by molar-refractivity contribution is 6.08. The summed E-state index contributed by atoms with van der Waals surface area (Å²) in [5.74, 6) is 0.358. The molecule has 0 aliphatic carbocycles. The van der Waals surface area contributed by atoms with E-state index in [4.69, 9.17) is 15.3 Å². The zero-order chi connectivity index (χ0) is 18.4. The summed E-state index contributed by atoms with van der Waals surface area (Å²) in [6.07, 6.45) is 2.10. The predicted octanol–water partition coefficient (Wildman–Crippen LogP) is 3.69. The Morgan fingerprint density at radius 2 is 1.85 bits per heavy atom. The monoisotopic (exact) mass is 348 g/mol. The van der Waals surface area contributed by atoms with E-state index in [1.807, 2.05) is 60.7 Å². The molecule has 0 spiro atoms. The van der Waals surface area contributed by atoms with Gasteiger partial charge in [0.25, 0.3) is 0 Å². The Balaban J connectivity index is 1.66. The van der Waals surface area contributed by atoms with Gasteiger partial charge in [0.15, 0.2) is 0 Å². The number of hydrogen-bond donors (Lipinski definition) is 1. The molecular formula is C21H20N2O3. The number of benzene rings is 3. The van der Waals surface area contributed by atoms with Crippen molar-refractivity contribution in [1.82, 2.24) is 0 Å². The Morgan fingerprint density at radius 1 is 1.08 bits per heavy atom. The Morgan fingerprint density at radius 3 is 2.58 bits per heavy atom. The number of oxime groups is 1. The normalized spacial score (nSPS) is 11.0. The summed E-state index contributed by atoms with van der Waals surface area (Å²) in [7, 11) is 1.63. The van der Waals surface area contributed by atoms with Gasteiger partial charge in [0.1, 0.15) is 12.4 Å². The van der Waals surface area contributed by atoms with E-state index < -0.39 is 5.91 Å². The quantitative estimate of drug-likeness (QED) is 0.523. The minimum atomic E-state index is -0.440. The third kappa shape index (κ3) is 4.00. The zero-order valence-electron chi connectivity index (χ0n) is 14.5. The van der Waals surface area contributed by atoms with Crippen molar-refractivity contribution in [2.75, 3.05) is 7.11 Å². The summed E-state index contributed by atoms with van der Waals surface area (Å²) in [4.78, 5) is 17.2. The van der Waals surface area contributed by atoms with Gasteiger partial charge in [-0.2, -0.15) is 0 Å². The third-order valence-electron chi connectivity index (χ3n) is 4.11. The molecule has 0 atom stereocenters. The van der Waals surface area contributed by atoms with Crippen LogP contribution < -0.4 is 10.5 Å². The van der Waals surface area contributed by atoms with Crippen LogP contribution in [0.1, 0.15) is 21.5 Å². The van der Waals surface area contributed by atoms with Gasteiger partial charge in [0, 0.05) is 12.6 Å². The molecule has 3 rings (SSSR count). The lowest BCUT2D eigenvalue weighted by molar-refractivity contribution is 0.100. The van der Waals surface area contributed by atoms with Crippen molar-refractivity contribution >= 4 is 22.9 Å². The number of rotatable bonds is 7. The van der Waals surface area contributed by atoms with E-state index >= 15 is 0 Å².